The fourth-order valence-corrected chi connectivity index (χ4v) is 4.48. The number of aromatic nitrogens is 1. The van der Waals surface area contributed by atoms with Gasteiger partial charge in [0.15, 0.2) is 5.11 Å². The van der Waals surface area contributed by atoms with Gasteiger partial charge in [-0.2, -0.15) is 0 Å². The first-order valence-electron chi connectivity index (χ1n) is 10.6. The van der Waals surface area contributed by atoms with Gasteiger partial charge in [0.1, 0.15) is 17.5 Å². The molecule has 1 atom stereocenters. The Morgan fingerprint density at radius 1 is 0.939 bits per heavy atom. The molecule has 1 aliphatic rings. The highest BCUT2D eigenvalue weighted by atomic mass is 35.5. The Morgan fingerprint density at radius 2 is 1.61 bits per heavy atom. The zero-order valence-electron chi connectivity index (χ0n) is 17.6. The van der Waals surface area contributed by atoms with Crippen LogP contribution in [0.5, 0.6) is 0 Å². The van der Waals surface area contributed by atoms with Crippen molar-refractivity contribution in [1.82, 2.24) is 10.1 Å². The lowest BCUT2D eigenvalue weighted by atomic mass is 10.1. The average molecular weight is 474 g/mol. The maximum absolute atomic E-state index is 13.6. The van der Waals surface area contributed by atoms with Crippen LogP contribution in [0, 0.1) is 0 Å². The summed E-state index contributed by atoms with van der Waals surface area (Å²) in [6.45, 7) is 0.514. The van der Waals surface area contributed by atoms with Gasteiger partial charge in [0.25, 0.3) is 5.91 Å². The standard InChI is InChI=1S/C26H20ClN3O2S/c27-20-11-13-21(14-12-20)30-25(31)24(29(26(30)33)17-18-7-3-1-4-8-18)16-22-15-23(28-32-22)19-9-5-2-6-10-19/h1-15,24H,16-17H2. The Balaban J connectivity index is 1.46. The van der Waals surface area contributed by atoms with Gasteiger partial charge in [0, 0.05) is 29.6 Å². The van der Waals surface area contributed by atoms with Crippen LogP contribution in [-0.2, 0) is 17.8 Å². The summed E-state index contributed by atoms with van der Waals surface area (Å²) < 4.78 is 5.61. The van der Waals surface area contributed by atoms with E-state index in [1.165, 1.54) is 0 Å². The van der Waals surface area contributed by atoms with E-state index in [2.05, 4.69) is 5.16 Å². The van der Waals surface area contributed by atoms with Crippen molar-refractivity contribution >= 4 is 40.5 Å². The third-order valence-electron chi connectivity index (χ3n) is 5.62. The number of nitrogens with zero attached hydrogens (tertiary/aromatic N) is 3. The first kappa shape index (κ1) is 21.4. The molecule has 1 aliphatic heterocycles. The summed E-state index contributed by atoms with van der Waals surface area (Å²) in [5.41, 5.74) is 3.46. The van der Waals surface area contributed by atoms with Crippen LogP contribution in [0.2, 0.25) is 5.02 Å². The van der Waals surface area contributed by atoms with Crippen LogP contribution in [0.15, 0.2) is 95.5 Å². The van der Waals surface area contributed by atoms with Gasteiger partial charge in [0.05, 0.1) is 5.69 Å². The number of hydrogen-bond acceptors (Lipinski definition) is 4. The molecule has 1 amide bonds. The molecule has 2 heterocycles. The minimum absolute atomic E-state index is 0.101. The van der Waals surface area contributed by atoms with Crippen LogP contribution >= 0.6 is 23.8 Å². The van der Waals surface area contributed by atoms with Crippen LogP contribution < -0.4 is 4.90 Å². The van der Waals surface area contributed by atoms with E-state index in [9.17, 15) is 4.79 Å². The van der Waals surface area contributed by atoms with E-state index in [1.54, 1.807) is 29.2 Å². The Labute approximate surface area is 202 Å². The van der Waals surface area contributed by atoms with Crippen LogP contribution in [0.25, 0.3) is 11.3 Å². The normalized spacial score (nSPS) is 16.0. The number of anilines is 1. The third kappa shape index (κ3) is 4.40. The summed E-state index contributed by atoms with van der Waals surface area (Å²) in [6, 6.07) is 28.3. The van der Waals surface area contributed by atoms with Crippen molar-refractivity contribution in [2.75, 3.05) is 4.90 Å². The fourth-order valence-electron chi connectivity index (χ4n) is 3.97. The molecule has 0 saturated carbocycles. The van der Waals surface area contributed by atoms with Crippen molar-refractivity contribution in [3.05, 3.63) is 107 Å². The van der Waals surface area contributed by atoms with E-state index in [-0.39, 0.29) is 5.91 Å². The van der Waals surface area contributed by atoms with Gasteiger partial charge < -0.3 is 9.42 Å². The molecule has 7 heteroatoms. The molecule has 0 bridgehead atoms. The SMILES string of the molecule is O=C1C(Cc2cc(-c3ccccc3)no2)N(Cc2ccccc2)C(=S)N1c1ccc(Cl)cc1. The molecular weight excluding hydrogens is 454 g/mol. The zero-order valence-corrected chi connectivity index (χ0v) is 19.2. The van der Waals surface area contributed by atoms with Crippen molar-refractivity contribution in [3.63, 3.8) is 0 Å². The van der Waals surface area contributed by atoms with Crippen molar-refractivity contribution in [3.8, 4) is 11.3 Å². The lowest BCUT2D eigenvalue weighted by molar-refractivity contribution is -0.119. The number of amides is 1. The Morgan fingerprint density at radius 3 is 2.30 bits per heavy atom. The molecule has 0 spiro atoms. The average Bonchev–Trinajstić information content (AvgIpc) is 3.40. The van der Waals surface area contributed by atoms with Crippen molar-refractivity contribution in [2.45, 2.75) is 19.0 Å². The van der Waals surface area contributed by atoms with Gasteiger partial charge in [-0.3, -0.25) is 9.69 Å². The van der Waals surface area contributed by atoms with E-state index in [0.717, 1.165) is 16.8 Å². The molecule has 1 fully saturated rings. The first-order chi connectivity index (χ1) is 16.1. The maximum Gasteiger partial charge on any atom is 0.256 e. The topological polar surface area (TPSA) is 49.6 Å². The van der Waals surface area contributed by atoms with Gasteiger partial charge in [-0.25, -0.2) is 0 Å². The van der Waals surface area contributed by atoms with E-state index in [1.807, 2.05) is 71.6 Å². The molecular formula is C26H20ClN3O2S. The minimum Gasteiger partial charge on any atom is -0.361 e. The molecule has 0 radical (unpaired) electrons. The minimum atomic E-state index is -0.509. The summed E-state index contributed by atoms with van der Waals surface area (Å²) >= 11 is 11.8. The van der Waals surface area contributed by atoms with E-state index < -0.39 is 6.04 Å². The molecule has 1 aromatic heterocycles. The lowest BCUT2D eigenvalue weighted by Crippen LogP contribution is -2.36. The number of carbonyl (C=O) groups is 1. The van der Waals surface area contributed by atoms with Crippen LogP contribution in [0.1, 0.15) is 11.3 Å². The number of hydrogen-bond donors (Lipinski definition) is 0. The fraction of sp³-hybridized carbons (Fsp3) is 0.115. The Kier molecular flexibility index (Phi) is 5.94. The predicted octanol–water partition coefficient (Wildman–Crippen LogP) is 5.74. The van der Waals surface area contributed by atoms with Crippen LogP contribution in [-0.4, -0.2) is 27.1 Å². The van der Waals surface area contributed by atoms with Gasteiger partial charge >= 0.3 is 0 Å². The van der Waals surface area contributed by atoms with E-state index >= 15 is 0 Å². The summed E-state index contributed by atoms with van der Waals surface area (Å²) in [5, 5.41) is 5.26. The molecule has 164 valence electrons. The number of halogens is 1. The van der Waals surface area contributed by atoms with Crippen LogP contribution in [0.3, 0.4) is 0 Å². The Hall–Kier alpha value is -3.48. The second kappa shape index (κ2) is 9.17. The zero-order chi connectivity index (χ0) is 22.8. The predicted molar refractivity (Wildman–Crippen MR) is 133 cm³/mol. The van der Waals surface area contributed by atoms with Crippen molar-refractivity contribution in [1.29, 1.82) is 0 Å². The molecule has 0 aliphatic carbocycles. The quantitative estimate of drug-likeness (QED) is 0.334. The summed E-state index contributed by atoms with van der Waals surface area (Å²) in [5.74, 6) is 0.530. The second-order valence-corrected chi connectivity index (χ2v) is 8.61. The molecule has 0 N–H and O–H groups in total. The number of benzene rings is 3. The van der Waals surface area contributed by atoms with Gasteiger partial charge in [-0.1, -0.05) is 77.4 Å². The molecule has 5 rings (SSSR count). The van der Waals surface area contributed by atoms with Gasteiger partial charge in [0.2, 0.25) is 0 Å². The molecule has 1 unspecified atom stereocenters. The van der Waals surface area contributed by atoms with Gasteiger partial charge in [-0.05, 0) is 42.0 Å². The lowest BCUT2D eigenvalue weighted by Gasteiger charge is -2.23. The Bertz CT molecular complexity index is 1280. The third-order valence-corrected chi connectivity index (χ3v) is 6.29. The molecule has 33 heavy (non-hydrogen) atoms. The number of rotatable bonds is 6. The molecule has 5 nitrogen and oxygen atoms in total. The van der Waals surface area contributed by atoms with E-state index in [0.29, 0.717) is 34.5 Å². The first-order valence-corrected chi connectivity index (χ1v) is 11.3. The highest BCUT2D eigenvalue weighted by Crippen LogP contribution is 2.30. The summed E-state index contributed by atoms with van der Waals surface area (Å²) in [4.78, 5) is 17.1. The smallest absolute Gasteiger partial charge is 0.256 e. The van der Waals surface area contributed by atoms with Crippen molar-refractivity contribution < 1.29 is 9.32 Å². The molecule has 4 aromatic rings. The van der Waals surface area contributed by atoms with Crippen molar-refractivity contribution in [2.24, 2.45) is 0 Å². The van der Waals surface area contributed by atoms with Crippen LogP contribution in [0.4, 0.5) is 5.69 Å². The second-order valence-electron chi connectivity index (χ2n) is 7.81. The maximum atomic E-state index is 13.6. The van der Waals surface area contributed by atoms with E-state index in [4.69, 9.17) is 28.3 Å². The highest BCUT2D eigenvalue weighted by Gasteiger charge is 2.43. The monoisotopic (exact) mass is 473 g/mol. The molecule has 1 saturated heterocycles. The molecule has 3 aromatic carbocycles. The summed E-state index contributed by atoms with van der Waals surface area (Å²) in [6.07, 6.45) is 0.357. The highest BCUT2D eigenvalue weighted by molar-refractivity contribution is 7.80. The largest absolute Gasteiger partial charge is 0.361 e. The number of carbonyl (C=O) groups excluding carboxylic acids is 1. The van der Waals surface area contributed by atoms with Gasteiger partial charge in [-0.15, -0.1) is 0 Å². The number of thiocarbonyl (C=S) groups is 1. The summed E-state index contributed by atoms with van der Waals surface area (Å²) in [7, 11) is 0.